The van der Waals surface area contributed by atoms with Crippen molar-refractivity contribution in [2.75, 3.05) is 0 Å². The molecule has 0 rings (SSSR count). The Balaban J connectivity index is 3.61. The predicted molar refractivity (Wildman–Crippen MR) is 56.1 cm³/mol. The van der Waals surface area contributed by atoms with E-state index in [0.717, 1.165) is 11.8 Å². The van der Waals surface area contributed by atoms with Crippen LogP contribution in [0.15, 0.2) is 0 Å². The number of hydrogen-bond acceptors (Lipinski definition) is 1. The van der Waals surface area contributed by atoms with Gasteiger partial charge >= 0.3 is 0 Å². The van der Waals surface area contributed by atoms with E-state index in [1.807, 2.05) is 0 Å². The molecule has 0 aromatic carbocycles. The molecule has 0 heterocycles. The van der Waals surface area contributed by atoms with Gasteiger partial charge in [-0.3, -0.25) is 0 Å². The highest BCUT2D eigenvalue weighted by atomic mass is 14.6. The van der Waals surface area contributed by atoms with Crippen molar-refractivity contribution in [3.05, 3.63) is 0 Å². The molecule has 1 heteroatoms. The highest BCUT2D eigenvalue weighted by molar-refractivity contribution is 4.70. The summed E-state index contributed by atoms with van der Waals surface area (Å²) in [5, 5.41) is 0. The standard InChI is InChI=1S/C11H25N/c1-5-10(6-2)11(12)8-7-9(3)4/h9-11H,5-8,12H2,1-4H3. The third kappa shape index (κ3) is 4.76. The predicted octanol–water partition coefficient (Wildman–Crippen LogP) is 3.19. The second kappa shape index (κ2) is 6.47. The molecule has 0 amide bonds. The molecule has 0 radical (unpaired) electrons. The fourth-order valence-electron chi connectivity index (χ4n) is 1.66. The summed E-state index contributed by atoms with van der Waals surface area (Å²) in [5.41, 5.74) is 6.09. The van der Waals surface area contributed by atoms with Gasteiger partial charge in [0.25, 0.3) is 0 Å². The van der Waals surface area contributed by atoms with Crippen molar-refractivity contribution in [2.45, 2.75) is 59.4 Å². The molecule has 0 aliphatic carbocycles. The lowest BCUT2D eigenvalue weighted by atomic mass is 9.90. The summed E-state index contributed by atoms with van der Waals surface area (Å²) in [5.74, 6) is 1.54. The van der Waals surface area contributed by atoms with E-state index in [9.17, 15) is 0 Å². The average molecular weight is 171 g/mol. The SMILES string of the molecule is CCC(CC)C(N)CCC(C)C. The zero-order chi connectivity index (χ0) is 9.56. The van der Waals surface area contributed by atoms with Crippen LogP contribution in [0.3, 0.4) is 0 Å². The van der Waals surface area contributed by atoms with Gasteiger partial charge < -0.3 is 5.73 Å². The Morgan fingerprint density at radius 2 is 1.50 bits per heavy atom. The van der Waals surface area contributed by atoms with E-state index < -0.39 is 0 Å². The largest absolute Gasteiger partial charge is 0.327 e. The monoisotopic (exact) mass is 171 g/mol. The molecule has 0 fully saturated rings. The fraction of sp³-hybridized carbons (Fsp3) is 1.00. The summed E-state index contributed by atoms with van der Waals surface area (Å²) in [6.45, 7) is 9.01. The van der Waals surface area contributed by atoms with Gasteiger partial charge in [0, 0.05) is 6.04 Å². The highest BCUT2D eigenvalue weighted by Crippen LogP contribution is 2.17. The summed E-state index contributed by atoms with van der Waals surface area (Å²) in [4.78, 5) is 0. The number of hydrogen-bond donors (Lipinski definition) is 1. The molecule has 0 aliphatic heterocycles. The topological polar surface area (TPSA) is 26.0 Å². The number of rotatable bonds is 6. The van der Waals surface area contributed by atoms with Crippen LogP contribution in [0.25, 0.3) is 0 Å². The second-order valence-corrected chi connectivity index (χ2v) is 4.21. The van der Waals surface area contributed by atoms with Gasteiger partial charge in [-0.2, -0.15) is 0 Å². The Morgan fingerprint density at radius 3 is 1.83 bits per heavy atom. The van der Waals surface area contributed by atoms with Crippen molar-refractivity contribution in [2.24, 2.45) is 17.6 Å². The van der Waals surface area contributed by atoms with Crippen LogP contribution in [-0.4, -0.2) is 6.04 Å². The smallest absolute Gasteiger partial charge is 0.00670 e. The van der Waals surface area contributed by atoms with Crippen LogP contribution < -0.4 is 5.73 Å². The maximum Gasteiger partial charge on any atom is 0.00670 e. The first-order valence-electron chi connectivity index (χ1n) is 5.37. The molecule has 0 spiro atoms. The molecular weight excluding hydrogens is 146 g/mol. The number of nitrogens with two attached hydrogens (primary N) is 1. The van der Waals surface area contributed by atoms with E-state index in [-0.39, 0.29) is 0 Å². The lowest BCUT2D eigenvalue weighted by Crippen LogP contribution is -2.29. The Morgan fingerprint density at radius 1 is 1.00 bits per heavy atom. The van der Waals surface area contributed by atoms with E-state index in [1.54, 1.807) is 0 Å². The minimum atomic E-state index is 0.433. The summed E-state index contributed by atoms with van der Waals surface area (Å²) in [7, 11) is 0. The van der Waals surface area contributed by atoms with Gasteiger partial charge in [-0.05, 0) is 24.7 Å². The van der Waals surface area contributed by atoms with Crippen LogP contribution in [-0.2, 0) is 0 Å². The first-order valence-corrected chi connectivity index (χ1v) is 5.37. The van der Waals surface area contributed by atoms with Crippen LogP contribution in [0, 0.1) is 11.8 Å². The van der Waals surface area contributed by atoms with Crippen molar-refractivity contribution >= 4 is 0 Å². The van der Waals surface area contributed by atoms with Crippen molar-refractivity contribution < 1.29 is 0 Å². The third-order valence-electron chi connectivity index (χ3n) is 2.73. The van der Waals surface area contributed by atoms with Crippen LogP contribution >= 0.6 is 0 Å². The Bertz CT molecular complexity index is 95.2. The van der Waals surface area contributed by atoms with Gasteiger partial charge in [0.1, 0.15) is 0 Å². The molecule has 0 bridgehead atoms. The first kappa shape index (κ1) is 12.0. The minimum absolute atomic E-state index is 0.433. The summed E-state index contributed by atoms with van der Waals surface area (Å²) in [6, 6.07) is 0.433. The molecule has 12 heavy (non-hydrogen) atoms. The summed E-state index contributed by atoms with van der Waals surface area (Å²) < 4.78 is 0. The lowest BCUT2D eigenvalue weighted by Gasteiger charge is -2.21. The van der Waals surface area contributed by atoms with Crippen molar-refractivity contribution in [3.8, 4) is 0 Å². The van der Waals surface area contributed by atoms with Crippen LogP contribution in [0.5, 0.6) is 0 Å². The van der Waals surface area contributed by atoms with E-state index in [1.165, 1.54) is 25.7 Å². The van der Waals surface area contributed by atoms with Crippen LogP contribution in [0.4, 0.5) is 0 Å². The van der Waals surface area contributed by atoms with Crippen molar-refractivity contribution in [3.63, 3.8) is 0 Å². The normalized spacial score (nSPS) is 14.2. The van der Waals surface area contributed by atoms with Crippen LogP contribution in [0.2, 0.25) is 0 Å². The van der Waals surface area contributed by atoms with Gasteiger partial charge in [-0.25, -0.2) is 0 Å². The second-order valence-electron chi connectivity index (χ2n) is 4.21. The molecule has 0 aliphatic rings. The fourth-order valence-corrected chi connectivity index (χ4v) is 1.66. The van der Waals surface area contributed by atoms with E-state index in [2.05, 4.69) is 27.7 Å². The molecule has 0 saturated carbocycles. The third-order valence-corrected chi connectivity index (χ3v) is 2.73. The molecule has 1 atom stereocenters. The van der Waals surface area contributed by atoms with Crippen molar-refractivity contribution in [1.29, 1.82) is 0 Å². The van der Waals surface area contributed by atoms with Crippen molar-refractivity contribution in [1.82, 2.24) is 0 Å². The van der Waals surface area contributed by atoms with Gasteiger partial charge in [-0.1, -0.05) is 40.5 Å². The molecule has 0 saturated heterocycles. The van der Waals surface area contributed by atoms with Gasteiger partial charge in [0.2, 0.25) is 0 Å². The molecule has 1 unspecified atom stereocenters. The van der Waals surface area contributed by atoms with E-state index >= 15 is 0 Å². The molecule has 2 N–H and O–H groups in total. The molecule has 1 nitrogen and oxygen atoms in total. The maximum atomic E-state index is 6.09. The highest BCUT2D eigenvalue weighted by Gasteiger charge is 2.13. The van der Waals surface area contributed by atoms with Gasteiger partial charge in [0.15, 0.2) is 0 Å². The summed E-state index contributed by atoms with van der Waals surface area (Å²) in [6.07, 6.45) is 4.94. The lowest BCUT2D eigenvalue weighted by molar-refractivity contribution is 0.355. The minimum Gasteiger partial charge on any atom is -0.327 e. The summed E-state index contributed by atoms with van der Waals surface area (Å²) >= 11 is 0. The van der Waals surface area contributed by atoms with E-state index in [4.69, 9.17) is 5.73 Å². The zero-order valence-corrected chi connectivity index (χ0v) is 9.14. The zero-order valence-electron chi connectivity index (χ0n) is 9.14. The van der Waals surface area contributed by atoms with Crippen LogP contribution in [0.1, 0.15) is 53.4 Å². The Kier molecular flexibility index (Phi) is 6.45. The quantitative estimate of drug-likeness (QED) is 0.652. The molecule has 0 aromatic heterocycles. The van der Waals surface area contributed by atoms with E-state index in [0.29, 0.717) is 6.04 Å². The Labute approximate surface area is 77.7 Å². The molecular formula is C11H25N. The molecule has 74 valence electrons. The van der Waals surface area contributed by atoms with Gasteiger partial charge in [0.05, 0.1) is 0 Å². The van der Waals surface area contributed by atoms with Gasteiger partial charge in [-0.15, -0.1) is 0 Å². The maximum absolute atomic E-state index is 6.09. The Hall–Kier alpha value is -0.0400. The molecule has 0 aromatic rings. The first-order chi connectivity index (χ1) is 5.61. The average Bonchev–Trinajstić information content (AvgIpc) is 2.03.